The zero-order valence-electron chi connectivity index (χ0n) is 16.8. The van der Waals surface area contributed by atoms with Crippen LogP contribution in [0.4, 0.5) is 0 Å². The maximum absolute atomic E-state index is 11.2. The Bertz CT molecular complexity index is 540. The van der Waals surface area contributed by atoms with Crippen molar-refractivity contribution < 1.29 is 45.2 Å². The monoisotopic (exact) mass is 406 g/mol. The molecule has 0 spiro atoms. The lowest BCUT2D eigenvalue weighted by Gasteiger charge is -2.56. The molecule has 9 heteroatoms. The van der Waals surface area contributed by atoms with Crippen molar-refractivity contribution in [2.24, 2.45) is 5.41 Å². The number of hydrogen-bond acceptors (Lipinski definition) is 9. The highest BCUT2D eigenvalue weighted by Gasteiger charge is 2.59. The van der Waals surface area contributed by atoms with Crippen molar-refractivity contribution in [3.63, 3.8) is 0 Å². The average molecular weight is 406 g/mol. The highest BCUT2D eigenvalue weighted by Crippen LogP contribution is 2.51. The Morgan fingerprint density at radius 3 is 2.18 bits per heavy atom. The van der Waals surface area contributed by atoms with E-state index in [1.165, 1.54) is 26.0 Å². The van der Waals surface area contributed by atoms with E-state index < -0.39 is 66.1 Å². The summed E-state index contributed by atoms with van der Waals surface area (Å²) in [5, 5.41) is 71.0. The van der Waals surface area contributed by atoms with Crippen molar-refractivity contribution in [3.8, 4) is 0 Å². The van der Waals surface area contributed by atoms with Crippen molar-refractivity contribution in [3.05, 3.63) is 12.2 Å². The Morgan fingerprint density at radius 2 is 1.68 bits per heavy atom. The summed E-state index contributed by atoms with van der Waals surface area (Å²) in [5.74, 6) is 0. The second-order valence-electron chi connectivity index (χ2n) is 8.89. The molecule has 0 aromatic carbocycles. The Kier molecular flexibility index (Phi) is 6.97. The standard InChI is InChI=1S/C19H34O9/c1-10(21)5-6-19(26)17(2,3)7-11(8-18(19,4)25)27-16-15(24)14(23)13(22)12(9-20)28-16/h5-6,10-16,20-26H,7-9H2,1-4H3/b6-5+/t10-,11+,12-,13-,14+,15-,16-,18-,19-/m1/s1. The van der Waals surface area contributed by atoms with Crippen molar-refractivity contribution in [2.45, 2.75) is 94.7 Å². The van der Waals surface area contributed by atoms with Crippen LogP contribution in [0.5, 0.6) is 0 Å². The Morgan fingerprint density at radius 1 is 1.07 bits per heavy atom. The molecule has 1 heterocycles. The Labute approximate surface area is 164 Å². The van der Waals surface area contributed by atoms with Gasteiger partial charge < -0.3 is 45.2 Å². The molecule has 2 aliphatic rings. The van der Waals surface area contributed by atoms with Gasteiger partial charge in [0, 0.05) is 11.8 Å². The molecule has 7 N–H and O–H groups in total. The lowest BCUT2D eigenvalue weighted by Crippen LogP contribution is -2.66. The van der Waals surface area contributed by atoms with Crippen LogP contribution >= 0.6 is 0 Å². The number of aliphatic hydroxyl groups excluding tert-OH is 5. The molecule has 0 aromatic rings. The molecule has 0 unspecified atom stereocenters. The first-order valence-electron chi connectivity index (χ1n) is 9.54. The zero-order valence-corrected chi connectivity index (χ0v) is 16.8. The first kappa shape index (κ1) is 23.7. The van der Waals surface area contributed by atoms with Gasteiger partial charge in [0.05, 0.1) is 24.4 Å². The summed E-state index contributed by atoms with van der Waals surface area (Å²) in [5.41, 5.74) is -4.15. The average Bonchev–Trinajstić information content (AvgIpc) is 2.57. The molecule has 9 atom stereocenters. The van der Waals surface area contributed by atoms with Crippen molar-refractivity contribution >= 4 is 0 Å². The third-order valence-electron chi connectivity index (χ3n) is 6.01. The van der Waals surface area contributed by atoms with Crippen LogP contribution in [-0.2, 0) is 9.47 Å². The highest BCUT2D eigenvalue weighted by atomic mass is 16.7. The highest BCUT2D eigenvalue weighted by molar-refractivity contribution is 5.21. The van der Waals surface area contributed by atoms with Gasteiger partial charge in [0.25, 0.3) is 0 Å². The summed E-state index contributed by atoms with van der Waals surface area (Å²) in [6, 6.07) is 0. The van der Waals surface area contributed by atoms with Gasteiger partial charge in [-0.15, -0.1) is 0 Å². The van der Waals surface area contributed by atoms with Crippen LogP contribution in [0.3, 0.4) is 0 Å². The van der Waals surface area contributed by atoms with Crippen LogP contribution in [0.2, 0.25) is 0 Å². The number of hydrogen-bond donors (Lipinski definition) is 7. The van der Waals surface area contributed by atoms with E-state index in [0.717, 1.165) is 0 Å². The molecule has 1 saturated heterocycles. The molecule has 164 valence electrons. The van der Waals surface area contributed by atoms with E-state index in [1.54, 1.807) is 13.8 Å². The molecular weight excluding hydrogens is 372 g/mol. The number of rotatable bonds is 5. The maximum Gasteiger partial charge on any atom is 0.186 e. The zero-order chi connectivity index (χ0) is 21.5. The fourth-order valence-electron chi connectivity index (χ4n) is 4.27. The van der Waals surface area contributed by atoms with Gasteiger partial charge in [0.1, 0.15) is 30.0 Å². The third kappa shape index (κ3) is 4.28. The van der Waals surface area contributed by atoms with Crippen LogP contribution < -0.4 is 0 Å². The molecule has 0 amide bonds. The normalized spacial score (nSPS) is 48.0. The van der Waals surface area contributed by atoms with E-state index in [9.17, 15) is 35.7 Å². The molecule has 9 nitrogen and oxygen atoms in total. The lowest BCUT2D eigenvalue weighted by molar-refractivity contribution is -0.326. The summed E-state index contributed by atoms with van der Waals surface area (Å²) >= 11 is 0. The van der Waals surface area contributed by atoms with E-state index in [2.05, 4.69) is 0 Å². The summed E-state index contributed by atoms with van der Waals surface area (Å²) in [7, 11) is 0. The summed E-state index contributed by atoms with van der Waals surface area (Å²) < 4.78 is 11.2. The molecular formula is C19H34O9. The largest absolute Gasteiger partial charge is 0.394 e. The molecule has 1 aliphatic carbocycles. The molecule has 0 radical (unpaired) electrons. The van der Waals surface area contributed by atoms with Crippen LogP contribution in [0.15, 0.2) is 12.2 Å². The van der Waals surface area contributed by atoms with Gasteiger partial charge in [-0.25, -0.2) is 0 Å². The minimum atomic E-state index is -1.65. The predicted octanol–water partition coefficient (Wildman–Crippen LogP) is -1.59. The minimum Gasteiger partial charge on any atom is -0.394 e. The van der Waals surface area contributed by atoms with Crippen LogP contribution in [0, 0.1) is 5.41 Å². The Balaban J connectivity index is 2.20. The van der Waals surface area contributed by atoms with Gasteiger partial charge in [-0.2, -0.15) is 0 Å². The Hall–Kier alpha value is -0.620. The van der Waals surface area contributed by atoms with Crippen molar-refractivity contribution in [1.82, 2.24) is 0 Å². The topological polar surface area (TPSA) is 160 Å². The lowest BCUT2D eigenvalue weighted by atomic mass is 9.57. The smallest absolute Gasteiger partial charge is 0.186 e. The van der Waals surface area contributed by atoms with Gasteiger partial charge in [-0.05, 0) is 20.3 Å². The van der Waals surface area contributed by atoms with Gasteiger partial charge in [0.15, 0.2) is 6.29 Å². The van der Waals surface area contributed by atoms with Crippen molar-refractivity contribution in [2.75, 3.05) is 6.61 Å². The second kappa shape index (κ2) is 8.25. The quantitative estimate of drug-likeness (QED) is 0.267. The third-order valence-corrected chi connectivity index (χ3v) is 6.01. The molecule has 1 saturated carbocycles. The molecule has 1 aliphatic heterocycles. The van der Waals surface area contributed by atoms with E-state index >= 15 is 0 Å². The summed E-state index contributed by atoms with van der Waals surface area (Å²) in [6.45, 7) is 5.93. The first-order chi connectivity index (χ1) is 12.8. The fourth-order valence-corrected chi connectivity index (χ4v) is 4.27. The summed E-state index contributed by atoms with van der Waals surface area (Å²) in [4.78, 5) is 0. The molecule has 2 rings (SSSR count). The minimum absolute atomic E-state index is 0.00784. The van der Waals surface area contributed by atoms with E-state index in [0.29, 0.717) is 0 Å². The van der Waals surface area contributed by atoms with Crippen molar-refractivity contribution in [1.29, 1.82) is 0 Å². The molecule has 0 aromatic heterocycles. The second-order valence-corrected chi connectivity index (χ2v) is 8.89. The molecule has 0 bridgehead atoms. The fraction of sp³-hybridized carbons (Fsp3) is 0.895. The van der Waals surface area contributed by atoms with E-state index in [1.807, 2.05) is 0 Å². The number of aliphatic hydroxyl groups is 7. The molecule has 2 fully saturated rings. The van der Waals surface area contributed by atoms with Gasteiger partial charge in [-0.1, -0.05) is 26.0 Å². The summed E-state index contributed by atoms with van der Waals surface area (Å²) in [6.07, 6.45) is -5.34. The number of ether oxygens (including phenoxy) is 2. The predicted molar refractivity (Wildman–Crippen MR) is 98.0 cm³/mol. The maximum atomic E-state index is 11.2. The van der Waals surface area contributed by atoms with Crippen LogP contribution in [0.25, 0.3) is 0 Å². The van der Waals surface area contributed by atoms with Crippen LogP contribution in [-0.4, -0.2) is 96.5 Å². The van der Waals surface area contributed by atoms with Gasteiger partial charge >= 0.3 is 0 Å². The first-order valence-corrected chi connectivity index (χ1v) is 9.54. The van der Waals surface area contributed by atoms with Gasteiger partial charge in [-0.3, -0.25) is 0 Å². The SMILES string of the molecule is C[C@@H](O)/C=C/[C@@]1(O)C(C)(C)C[C@H](O[C@@H]2O[C@H](CO)[C@@H](O)[C@H](O)[C@H]2O)C[C@@]1(C)O. The molecule has 28 heavy (non-hydrogen) atoms. The van der Waals surface area contributed by atoms with E-state index in [4.69, 9.17) is 9.47 Å². The van der Waals surface area contributed by atoms with E-state index in [-0.39, 0.29) is 12.8 Å². The van der Waals surface area contributed by atoms with Crippen LogP contribution in [0.1, 0.15) is 40.5 Å². The van der Waals surface area contributed by atoms with Gasteiger partial charge in [0.2, 0.25) is 0 Å².